The predicted molar refractivity (Wildman–Crippen MR) is 51.3 cm³/mol. The van der Waals surface area contributed by atoms with Crippen molar-refractivity contribution in [3.63, 3.8) is 0 Å². The maximum absolute atomic E-state index is 10.2. The van der Waals surface area contributed by atoms with Gasteiger partial charge in [-0.3, -0.25) is 9.59 Å². The molecule has 7 nitrogen and oxygen atoms in total. The van der Waals surface area contributed by atoms with Gasteiger partial charge in [0.25, 0.3) is 0 Å². The summed E-state index contributed by atoms with van der Waals surface area (Å²) in [5, 5.41) is 27.8. The molecular formula is C8H16N2O5. The molecule has 88 valence electrons. The van der Waals surface area contributed by atoms with E-state index in [9.17, 15) is 9.59 Å². The average molecular weight is 220 g/mol. The largest absolute Gasteiger partial charge is 0.480 e. The van der Waals surface area contributed by atoms with Crippen LogP contribution in [0.4, 0.5) is 0 Å². The minimum absolute atomic E-state index is 0.539. The topological polar surface area (TPSA) is 133 Å². The van der Waals surface area contributed by atoms with Crippen molar-refractivity contribution in [2.75, 3.05) is 6.54 Å². The normalized spacial score (nSPS) is 26.3. The highest BCUT2D eigenvalue weighted by atomic mass is 16.4. The maximum Gasteiger partial charge on any atom is 0.323 e. The highest BCUT2D eigenvalue weighted by Gasteiger charge is 2.30. The zero-order valence-electron chi connectivity index (χ0n) is 8.38. The highest BCUT2D eigenvalue weighted by Crippen LogP contribution is 2.05. The summed E-state index contributed by atoms with van der Waals surface area (Å²) in [6.45, 7) is 2.01. The van der Waals surface area contributed by atoms with Gasteiger partial charge >= 0.3 is 11.9 Å². The Morgan fingerprint density at radius 1 is 1.47 bits per heavy atom. The number of nitrogens with two attached hydrogens (primary N) is 1. The van der Waals surface area contributed by atoms with E-state index in [0.717, 1.165) is 0 Å². The molecular weight excluding hydrogens is 204 g/mol. The van der Waals surface area contributed by atoms with Gasteiger partial charge in [-0.15, -0.1) is 0 Å². The van der Waals surface area contributed by atoms with Gasteiger partial charge in [0.2, 0.25) is 0 Å². The third-order valence-electron chi connectivity index (χ3n) is 1.84. The average Bonchev–Trinajstić information content (AvgIpc) is 2.52. The fourth-order valence-electron chi connectivity index (χ4n) is 0.941. The fourth-order valence-corrected chi connectivity index (χ4v) is 0.941. The Morgan fingerprint density at radius 2 is 1.93 bits per heavy atom. The molecule has 0 radical (unpaired) electrons. The van der Waals surface area contributed by atoms with Gasteiger partial charge < -0.3 is 26.4 Å². The van der Waals surface area contributed by atoms with E-state index in [1.807, 2.05) is 0 Å². The molecule has 0 aromatic rings. The molecule has 1 rings (SSSR count). The van der Waals surface area contributed by atoms with Gasteiger partial charge in [-0.2, -0.15) is 0 Å². The van der Waals surface area contributed by atoms with Crippen LogP contribution in [0.25, 0.3) is 0 Å². The van der Waals surface area contributed by atoms with Crippen LogP contribution in [-0.4, -0.2) is 52.0 Å². The number of aliphatic hydroxyl groups excluding tert-OH is 1. The summed E-state index contributed by atoms with van der Waals surface area (Å²) in [5.41, 5.74) is 4.84. The van der Waals surface area contributed by atoms with Crippen molar-refractivity contribution in [3.05, 3.63) is 0 Å². The zero-order valence-corrected chi connectivity index (χ0v) is 8.38. The van der Waals surface area contributed by atoms with Gasteiger partial charge in [0.15, 0.2) is 0 Å². The number of hydrogen-bond donors (Lipinski definition) is 5. The molecule has 7 heteroatoms. The first-order chi connectivity index (χ1) is 6.86. The Kier molecular flexibility index (Phi) is 5.83. The van der Waals surface area contributed by atoms with Crippen molar-refractivity contribution in [1.29, 1.82) is 0 Å². The number of hydrogen-bond acceptors (Lipinski definition) is 5. The number of carbonyl (C=O) groups is 2. The van der Waals surface area contributed by atoms with E-state index >= 15 is 0 Å². The van der Waals surface area contributed by atoms with Crippen LogP contribution in [0.3, 0.4) is 0 Å². The molecule has 1 aliphatic heterocycles. The number of aliphatic carboxylic acids is 2. The summed E-state index contributed by atoms with van der Waals surface area (Å²) >= 11 is 0. The van der Waals surface area contributed by atoms with Crippen molar-refractivity contribution >= 4 is 11.9 Å². The summed E-state index contributed by atoms with van der Waals surface area (Å²) in [4.78, 5) is 19.8. The summed E-state index contributed by atoms with van der Waals surface area (Å²) in [7, 11) is 0. The highest BCUT2D eigenvalue weighted by molar-refractivity contribution is 5.74. The number of carboxylic acids is 2. The van der Waals surface area contributed by atoms with Crippen molar-refractivity contribution in [3.8, 4) is 0 Å². The number of aliphatic hydroxyl groups is 1. The van der Waals surface area contributed by atoms with E-state index in [-0.39, 0.29) is 0 Å². The van der Waals surface area contributed by atoms with Gasteiger partial charge in [-0.1, -0.05) is 0 Å². The second-order valence-corrected chi connectivity index (χ2v) is 3.25. The Morgan fingerprint density at radius 3 is 2.07 bits per heavy atom. The van der Waals surface area contributed by atoms with Crippen LogP contribution in [-0.2, 0) is 9.59 Å². The molecule has 6 N–H and O–H groups in total. The maximum atomic E-state index is 10.2. The lowest BCUT2D eigenvalue weighted by molar-refractivity contribution is -0.141. The van der Waals surface area contributed by atoms with Crippen LogP contribution in [0, 0.1) is 0 Å². The Labute approximate surface area is 86.9 Å². The quantitative estimate of drug-likeness (QED) is 0.371. The van der Waals surface area contributed by atoms with Gasteiger partial charge in [-0.05, 0) is 19.9 Å². The first-order valence-electron chi connectivity index (χ1n) is 4.49. The van der Waals surface area contributed by atoms with Gasteiger partial charge in [-0.25, -0.2) is 0 Å². The third-order valence-corrected chi connectivity index (χ3v) is 1.84. The summed E-state index contributed by atoms with van der Waals surface area (Å²) in [6, 6.07) is -1.48. The van der Waals surface area contributed by atoms with Gasteiger partial charge in [0.05, 0.1) is 6.10 Å². The molecule has 1 unspecified atom stereocenters. The molecule has 0 aromatic carbocycles. The minimum atomic E-state index is -0.972. The van der Waals surface area contributed by atoms with Crippen LogP contribution >= 0.6 is 0 Å². The molecule has 0 bridgehead atoms. The smallest absolute Gasteiger partial charge is 0.323 e. The van der Waals surface area contributed by atoms with E-state index in [1.165, 1.54) is 6.92 Å². The molecule has 0 spiro atoms. The predicted octanol–water partition coefficient (Wildman–Crippen LogP) is -1.79. The molecule has 1 fully saturated rings. The van der Waals surface area contributed by atoms with Crippen LogP contribution in [0.2, 0.25) is 0 Å². The molecule has 1 aliphatic rings. The van der Waals surface area contributed by atoms with Crippen LogP contribution in [0.5, 0.6) is 0 Å². The molecule has 1 saturated heterocycles. The molecule has 15 heavy (non-hydrogen) atoms. The van der Waals surface area contributed by atoms with Gasteiger partial charge in [0, 0.05) is 0 Å². The first kappa shape index (κ1) is 13.8. The lowest BCUT2D eigenvalue weighted by Gasteiger charge is -2.06. The van der Waals surface area contributed by atoms with E-state index < -0.39 is 30.1 Å². The molecule has 0 saturated carbocycles. The zero-order chi connectivity index (χ0) is 12.0. The van der Waals surface area contributed by atoms with Gasteiger partial charge in [0.1, 0.15) is 12.1 Å². The Bertz CT molecular complexity index is 231. The SMILES string of the molecule is C[C@H](N)C(=O)O.O=C(O)[C@H]1NCCC1O. The third kappa shape index (κ3) is 5.31. The Balaban J connectivity index is 0.000000288. The van der Waals surface area contributed by atoms with Crippen LogP contribution in [0.1, 0.15) is 13.3 Å². The lowest BCUT2D eigenvalue weighted by Crippen LogP contribution is -2.38. The van der Waals surface area contributed by atoms with E-state index in [1.54, 1.807) is 0 Å². The lowest BCUT2D eigenvalue weighted by atomic mass is 10.2. The molecule has 0 amide bonds. The monoisotopic (exact) mass is 220 g/mol. The van der Waals surface area contributed by atoms with Crippen molar-refractivity contribution in [2.45, 2.75) is 31.5 Å². The molecule has 0 aromatic heterocycles. The second-order valence-electron chi connectivity index (χ2n) is 3.25. The van der Waals surface area contributed by atoms with Crippen molar-refractivity contribution in [1.82, 2.24) is 5.32 Å². The fraction of sp³-hybridized carbons (Fsp3) is 0.750. The standard InChI is InChI=1S/C5H9NO3.C3H7NO2/c7-3-1-2-6-4(3)5(8)9;1-2(4)3(5)6/h3-4,6-7H,1-2H2,(H,8,9);2H,4H2,1H3,(H,5,6)/t3?,4-;2-/m00/s1. The van der Waals surface area contributed by atoms with Crippen LogP contribution < -0.4 is 11.1 Å². The number of carboxylic acid groups (broad SMARTS) is 2. The Hall–Kier alpha value is -1.18. The summed E-state index contributed by atoms with van der Waals surface area (Å²) < 4.78 is 0. The summed E-state index contributed by atoms with van der Waals surface area (Å²) in [5.74, 6) is -1.94. The van der Waals surface area contributed by atoms with E-state index in [0.29, 0.717) is 13.0 Å². The number of rotatable bonds is 2. The van der Waals surface area contributed by atoms with Crippen molar-refractivity contribution < 1.29 is 24.9 Å². The molecule has 1 heterocycles. The minimum Gasteiger partial charge on any atom is -0.480 e. The first-order valence-corrected chi connectivity index (χ1v) is 4.49. The van der Waals surface area contributed by atoms with Crippen molar-refractivity contribution in [2.24, 2.45) is 5.73 Å². The molecule has 3 atom stereocenters. The van der Waals surface area contributed by atoms with E-state index in [4.69, 9.17) is 21.1 Å². The van der Waals surface area contributed by atoms with Crippen LogP contribution in [0.15, 0.2) is 0 Å². The molecule has 0 aliphatic carbocycles. The summed E-state index contributed by atoms with van der Waals surface area (Å²) in [6.07, 6.45) is -0.167. The number of nitrogens with one attached hydrogen (secondary N) is 1. The second kappa shape index (κ2) is 6.33. The van der Waals surface area contributed by atoms with E-state index in [2.05, 4.69) is 5.32 Å².